The second-order valence-corrected chi connectivity index (χ2v) is 10.4. The summed E-state index contributed by atoms with van der Waals surface area (Å²) >= 11 is 0.999. The molecule has 2 aliphatic rings. The molecule has 2 aromatic rings. The van der Waals surface area contributed by atoms with Crippen LogP contribution in [0.15, 0.2) is 39.9 Å². The third-order valence-corrected chi connectivity index (χ3v) is 7.62. The van der Waals surface area contributed by atoms with E-state index in [2.05, 4.69) is 4.99 Å². The van der Waals surface area contributed by atoms with E-state index in [1.807, 2.05) is 0 Å². The van der Waals surface area contributed by atoms with Crippen LogP contribution in [0, 0.1) is 5.92 Å². The fraction of sp³-hybridized carbons (Fsp3) is 0.429. The summed E-state index contributed by atoms with van der Waals surface area (Å²) in [5, 5.41) is 5.22. The third kappa shape index (κ3) is 4.77. The van der Waals surface area contributed by atoms with Gasteiger partial charge in [0.25, 0.3) is 5.91 Å². The molecular weight excluding hydrogens is 470 g/mol. The Kier molecular flexibility index (Phi) is 6.50. The SMILES string of the molecule is CCOC(=O)Cn1c(=NC(=O)C2=COC3CCCCC3C2=O)sc2cc(S(N)(=O)=O)ccc21. The molecular formula is C21H23N3O7S2. The molecule has 2 heterocycles. The molecule has 2 atom stereocenters. The van der Waals surface area contributed by atoms with Crippen molar-refractivity contribution < 1.29 is 32.3 Å². The molecule has 1 aliphatic heterocycles. The predicted octanol–water partition coefficient (Wildman–Crippen LogP) is 1.38. The normalized spacial score (nSPS) is 21.3. The molecule has 0 bridgehead atoms. The number of aromatic nitrogens is 1. The molecule has 1 amide bonds. The van der Waals surface area contributed by atoms with Gasteiger partial charge in [-0.3, -0.25) is 14.4 Å². The first-order valence-corrected chi connectivity index (χ1v) is 12.9. The summed E-state index contributed by atoms with van der Waals surface area (Å²) in [5.74, 6) is -1.97. The number of amides is 1. The lowest BCUT2D eigenvalue weighted by Crippen LogP contribution is -2.38. The van der Waals surface area contributed by atoms with Crippen LogP contribution in [0.5, 0.6) is 0 Å². The molecule has 4 rings (SSSR count). The van der Waals surface area contributed by atoms with Crippen molar-refractivity contribution in [2.75, 3.05) is 6.61 Å². The molecule has 2 unspecified atom stereocenters. The number of esters is 1. The van der Waals surface area contributed by atoms with Crippen molar-refractivity contribution >= 4 is 49.2 Å². The summed E-state index contributed by atoms with van der Waals surface area (Å²) in [5.41, 5.74) is 0.336. The number of ketones is 1. The monoisotopic (exact) mass is 493 g/mol. The second-order valence-electron chi connectivity index (χ2n) is 7.83. The predicted molar refractivity (Wildman–Crippen MR) is 118 cm³/mol. The van der Waals surface area contributed by atoms with Crippen LogP contribution in [-0.4, -0.2) is 43.4 Å². The number of benzene rings is 1. The first-order valence-electron chi connectivity index (χ1n) is 10.5. The minimum Gasteiger partial charge on any atom is -0.496 e. The first-order chi connectivity index (χ1) is 15.7. The van der Waals surface area contributed by atoms with Gasteiger partial charge in [-0.1, -0.05) is 17.8 Å². The topological polar surface area (TPSA) is 147 Å². The van der Waals surface area contributed by atoms with Crippen molar-refractivity contribution in [2.24, 2.45) is 16.0 Å². The van der Waals surface area contributed by atoms with Crippen molar-refractivity contribution in [3.8, 4) is 0 Å². The zero-order chi connectivity index (χ0) is 23.8. The largest absolute Gasteiger partial charge is 0.496 e. The zero-order valence-electron chi connectivity index (χ0n) is 17.9. The number of thiazole rings is 1. The highest BCUT2D eigenvalue weighted by Gasteiger charge is 2.39. The van der Waals surface area contributed by atoms with Crippen LogP contribution in [0.2, 0.25) is 0 Å². The third-order valence-electron chi connectivity index (χ3n) is 5.67. The van der Waals surface area contributed by atoms with Gasteiger partial charge >= 0.3 is 5.97 Å². The van der Waals surface area contributed by atoms with E-state index >= 15 is 0 Å². The lowest BCUT2D eigenvalue weighted by molar-refractivity contribution is -0.143. The van der Waals surface area contributed by atoms with Crippen molar-refractivity contribution in [1.29, 1.82) is 0 Å². The molecule has 1 aromatic carbocycles. The number of hydrogen-bond acceptors (Lipinski definition) is 8. The van der Waals surface area contributed by atoms with Gasteiger partial charge in [-0.05, 0) is 44.4 Å². The molecule has 10 nitrogen and oxygen atoms in total. The summed E-state index contributed by atoms with van der Waals surface area (Å²) in [6, 6.07) is 4.14. The number of rotatable bonds is 5. The Morgan fingerprint density at radius 1 is 1.30 bits per heavy atom. The Morgan fingerprint density at radius 3 is 2.79 bits per heavy atom. The van der Waals surface area contributed by atoms with E-state index in [1.165, 1.54) is 29.0 Å². The maximum absolute atomic E-state index is 12.9. The zero-order valence-corrected chi connectivity index (χ0v) is 19.5. The highest BCUT2D eigenvalue weighted by atomic mass is 32.2. The van der Waals surface area contributed by atoms with Gasteiger partial charge in [0.15, 0.2) is 10.6 Å². The van der Waals surface area contributed by atoms with Gasteiger partial charge < -0.3 is 14.0 Å². The number of Topliss-reactive ketones (excluding diaryl/α,β-unsaturated/α-hetero) is 1. The van der Waals surface area contributed by atoms with Gasteiger partial charge in [0.1, 0.15) is 18.2 Å². The van der Waals surface area contributed by atoms with Crippen LogP contribution in [0.3, 0.4) is 0 Å². The van der Waals surface area contributed by atoms with Crippen molar-refractivity contribution in [3.05, 3.63) is 34.8 Å². The highest BCUT2D eigenvalue weighted by molar-refractivity contribution is 7.89. The lowest BCUT2D eigenvalue weighted by Gasteiger charge is -2.33. The van der Waals surface area contributed by atoms with E-state index in [1.54, 1.807) is 6.92 Å². The Labute approximate surface area is 193 Å². The number of nitrogens with zero attached hydrogens (tertiary/aromatic N) is 2. The minimum absolute atomic E-state index is 0.112. The van der Waals surface area contributed by atoms with Gasteiger partial charge in [-0.15, -0.1) is 0 Å². The maximum Gasteiger partial charge on any atom is 0.326 e. The van der Waals surface area contributed by atoms with Gasteiger partial charge in [0.05, 0.1) is 33.9 Å². The molecule has 0 saturated heterocycles. The standard InChI is InChI=1S/C21H23N3O7S2/c1-2-30-18(25)10-24-15-8-7-12(33(22,28)29)9-17(15)32-21(24)23-20(27)14-11-31-16-6-4-3-5-13(16)19(14)26/h7-9,11,13,16H,2-6,10H2,1H3,(H2,22,28,29). The average Bonchev–Trinajstić information content (AvgIpc) is 3.09. The van der Waals surface area contributed by atoms with E-state index in [0.29, 0.717) is 16.6 Å². The van der Waals surface area contributed by atoms with Gasteiger partial charge in [-0.2, -0.15) is 4.99 Å². The Bertz CT molecular complexity index is 1340. The Balaban J connectivity index is 1.77. The molecule has 1 aromatic heterocycles. The average molecular weight is 494 g/mol. The lowest BCUT2D eigenvalue weighted by atomic mass is 9.80. The van der Waals surface area contributed by atoms with Gasteiger partial charge in [0.2, 0.25) is 10.0 Å². The van der Waals surface area contributed by atoms with Crippen LogP contribution < -0.4 is 9.94 Å². The molecule has 0 radical (unpaired) electrons. The number of nitrogens with two attached hydrogens (primary N) is 1. The number of fused-ring (bicyclic) bond motifs is 2. The summed E-state index contributed by atoms with van der Waals surface area (Å²) in [6.45, 7) is 1.59. The number of primary sulfonamides is 1. The van der Waals surface area contributed by atoms with Crippen molar-refractivity contribution in [1.82, 2.24) is 4.57 Å². The first kappa shape index (κ1) is 23.3. The highest BCUT2D eigenvalue weighted by Crippen LogP contribution is 2.33. The minimum atomic E-state index is -3.95. The van der Waals surface area contributed by atoms with Crippen LogP contribution in [0.4, 0.5) is 0 Å². The number of sulfonamides is 1. The summed E-state index contributed by atoms with van der Waals surface area (Å²) < 4.78 is 36.0. The summed E-state index contributed by atoms with van der Waals surface area (Å²) in [6.07, 6.45) is 4.29. The van der Waals surface area contributed by atoms with E-state index in [0.717, 1.165) is 30.6 Å². The summed E-state index contributed by atoms with van der Waals surface area (Å²) in [4.78, 5) is 42.1. The molecule has 12 heteroatoms. The van der Waals surface area contributed by atoms with Crippen LogP contribution in [0.25, 0.3) is 10.2 Å². The number of ether oxygens (including phenoxy) is 2. The Morgan fingerprint density at radius 2 is 2.06 bits per heavy atom. The van der Waals surface area contributed by atoms with E-state index in [-0.39, 0.29) is 46.2 Å². The fourth-order valence-electron chi connectivity index (χ4n) is 4.08. The van der Waals surface area contributed by atoms with E-state index in [9.17, 15) is 22.8 Å². The van der Waals surface area contributed by atoms with Gasteiger partial charge in [0, 0.05) is 0 Å². The van der Waals surface area contributed by atoms with Crippen molar-refractivity contribution in [3.63, 3.8) is 0 Å². The quantitative estimate of drug-likeness (QED) is 0.489. The molecule has 1 fully saturated rings. The van der Waals surface area contributed by atoms with Crippen molar-refractivity contribution in [2.45, 2.75) is 50.2 Å². The van der Waals surface area contributed by atoms with Crippen LogP contribution in [-0.2, 0) is 40.4 Å². The summed E-state index contributed by atoms with van der Waals surface area (Å²) in [7, 11) is -3.95. The second kappa shape index (κ2) is 9.20. The fourth-order valence-corrected chi connectivity index (χ4v) is 5.76. The number of carbonyl (C=O) groups is 3. The Hall–Kier alpha value is -2.83. The molecule has 2 N–H and O–H groups in total. The molecule has 33 heavy (non-hydrogen) atoms. The number of hydrogen-bond donors (Lipinski definition) is 1. The van der Waals surface area contributed by atoms with E-state index < -0.39 is 21.9 Å². The molecule has 176 valence electrons. The number of carbonyl (C=O) groups excluding carboxylic acids is 3. The van der Waals surface area contributed by atoms with E-state index in [4.69, 9.17) is 14.6 Å². The molecule has 1 saturated carbocycles. The smallest absolute Gasteiger partial charge is 0.326 e. The molecule has 0 spiro atoms. The van der Waals surface area contributed by atoms with Crippen LogP contribution >= 0.6 is 11.3 Å². The maximum atomic E-state index is 12.9. The molecule has 1 aliphatic carbocycles. The van der Waals surface area contributed by atoms with Crippen LogP contribution in [0.1, 0.15) is 32.6 Å². The van der Waals surface area contributed by atoms with Gasteiger partial charge in [-0.25, -0.2) is 13.6 Å².